The zero-order valence-corrected chi connectivity index (χ0v) is 11.8. The maximum absolute atomic E-state index is 12.0. The van der Waals surface area contributed by atoms with Gasteiger partial charge in [-0.3, -0.25) is 4.79 Å². The Kier molecular flexibility index (Phi) is 6.16. The third-order valence-electron chi connectivity index (χ3n) is 2.95. The molecule has 0 bridgehead atoms. The number of unbranched alkanes of at least 4 members (excludes halogenated alkanes) is 1. The van der Waals surface area contributed by atoms with Crippen molar-refractivity contribution in [3.8, 4) is 0 Å². The summed E-state index contributed by atoms with van der Waals surface area (Å²) in [6.45, 7) is 4.48. The Balaban J connectivity index is 2.65. The Morgan fingerprint density at radius 2 is 2.22 bits per heavy atom. The first-order valence-electron chi connectivity index (χ1n) is 6.35. The number of carbonyl (C=O) groups is 1. The highest BCUT2D eigenvalue weighted by Crippen LogP contribution is 2.16. The van der Waals surface area contributed by atoms with Gasteiger partial charge in [0.1, 0.15) is 0 Å². The molecule has 0 radical (unpaired) electrons. The summed E-state index contributed by atoms with van der Waals surface area (Å²) in [5.74, 6) is -0.0821. The van der Waals surface area contributed by atoms with Crippen molar-refractivity contribution in [2.45, 2.75) is 39.2 Å². The largest absolute Gasteiger partial charge is 0.348 e. The molecular formula is C14H21ClN2O. The van der Waals surface area contributed by atoms with E-state index in [0.717, 1.165) is 24.8 Å². The Morgan fingerprint density at radius 3 is 2.78 bits per heavy atom. The summed E-state index contributed by atoms with van der Waals surface area (Å²) in [7, 11) is 0. The molecule has 1 atom stereocenters. The van der Waals surface area contributed by atoms with Crippen LogP contribution in [0.25, 0.3) is 0 Å². The summed E-state index contributed by atoms with van der Waals surface area (Å²) in [6, 6.07) is 5.33. The van der Waals surface area contributed by atoms with Gasteiger partial charge in [-0.05, 0) is 37.1 Å². The molecule has 0 spiro atoms. The molecular weight excluding hydrogens is 248 g/mol. The molecule has 1 amide bonds. The van der Waals surface area contributed by atoms with Crippen LogP contribution in [0.3, 0.4) is 0 Å². The van der Waals surface area contributed by atoms with Gasteiger partial charge in [0.15, 0.2) is 0 Å². The minimum Gasteiger partial charge on any atom is -0.348 e. The lowest BCUT2D eigenvalue weighted by Crippen LogP contribution is -2.40. The Hall–Kier alpha value is -1.06. The van der Waals surface area contributed by atoms with Crippen molar-refractivity contribution >= 4 is 17.5 Å². The third kappa shape index (κ3) is 4.31. The Labute approximate surface area is 114 Å². The number of rotatable bonds is 6. The number of carbonyl (C=O) groups excluding carboxylic acids is 1. The van der Waals surface area contributed by atoms with E-state index >= 15 is 0 Å². The minimum atomic E-state index is -0.0821. The molecule has 0 saturated carbocycles. The highest BCUT2D eigenvalue weighted by molar-refractivity contribution is 6.31. The summed E-state index contributed by atoms with van der Waals surface area (Å²) in [5, 5.41) is 3.63. The van der Waals surface area contributed by atoms with Crippen LogP contribution < -0.4 is 11.1 Å². The average molecular weight is 269 g/mol. The molecule has 0 fully saturated rings. The monoisotopic (exact) mass is 268 g/mol. The summed E-state index contributed by atoms with van der Waals surface area (Å²) in [6.07, 6.45) is 3.10. The fourth-order valence-corrected chi connectivity index (χ4v) is 1.87. The van der Waals surface area contributed by atoms with E-state index in [1.165, 1.54) is 0 Å². The number of aryl methyl sites for hydroxylation is 1. The zero-order chi connectivity index (χ0) is 13.5. The van der Waals surface area contributed by atoms with Crippen molar-refractivity contribution in [3.63, 3.8) is 0 Å². The Morgan fingerprint density at radius 1 is 1.50 bits per heavy atom. The fourth-order valence-electron chi connectivity index (χ4n) is 1.75. The SMILES string of the molecule is CCCCC(CN)NC(=O)c1ccc(Cl)c(C)c1. The van der Waals surface area contributed by atoms with Crippen LogP contribution >= 0.6 is 11.6 Å². The van der Waals surface area contributed by atoms with Gasteiger partial charge in [0.05, 0.1) is 0 Å². The fraction of sp³-hybridized carbons (Fsp3) is 0.500. The second-order valence-corrected chi connectivity index (χ2v) is 4.92. The van der Waals surface area contributed by atoms with E-state index in [1.807, 2.05) is 6.92 Å². The molecule has 1 unspecified atom stereocenters. The van der Waals surface area contributed by atoms with Crippen LogP contribution in [-0.2, 0) is 0 Å². The average Bonchev–Trinajstić information content (AvgIpc) is 2.37. The zero-order valence-electron chi connectivity index (χ0n) is 11.0. The number of benzene rings is 1. The van der Waals surface area contributed by atoms with Gasteiger partial charge in [0.25, 0.3) is 5.91 Å². The quantitative estimate of drug-likeness (QED) is 0.834. The molecule has 0 heterocycles. The molecule has 1 aromatic carbocycles. The molecule has 0 aliphatic rings. The van der Waals surface area contributed by atoms with E-state index in [0.29, 0.717) is 17.1 Å². The van der Waals surface area contributed by atoms with E-state index in [1.54, 1.807) is 18.2 Å². The highest BCUT2D eigenvalue weighted by atomic mass is 35.5. The van der Waals surface area contributed by atoms with Crippen molar-refractivity contribution in [2.24, 2.45) is 5.73 Å². The number of nitrogens with two attached hydrogens (primary N) is 1. The normalized spacial score (nSPS) is 12.2. The van der Waals surface area contributed by atoms with Gasteiger partial charge in [0.2, 0.25) is 0 Å². The molecule has 0 aliphatic carbocycles. The van der Waals surface area contributed by atoms with Gasteiger partial charge in [-0.25, -0.2) is 0 Å². The van der Waals surface area contributed by atoms with Gasteiger partial charge >= 0.3 is 0 Å². The molecule has 0 aromatic heterocycles. The second-order valence-electron chi connectivity index (χ2n) is 4.51. The third-order valence-corrected chi connectivity index (χ3v) is 3.37. The molecule has 100 valence electrons. The van der Waals surface area contributed by atoms with E-state index < -0.39 is 0 Å². The van der Waals surface area contributed by atoms with Crippen LogP contribution in [0.4, 0.5) is 0 Å². The summed E-state index contributed by atoms with van der Waals surface area (Å²) < 4.78 is 0. The van der Waals surface area contributed by atoms with Crippen LogP contribution in [-0.4, -0.2) is 18.5 Å². The van der Waals surface area contributed by atoms with Crippen molar-refractivity contribution in [1.82, 2.24) is 5.32 Å². The van der Waals surface area contributed by atoms with E-state index in [2.05, 4.69) is 12.2 Å². The molecule has 3 N–H and O–H groups in total. The first kappa shape index (κ1) is 15.0. The first-order chi connectivity index (χ1) is 8.58. The van der Waals surface area contributed by atoms with Crippen molar-refractivity contribution in [3.05, 3.63) is 34.3 Å². The molecule has 3 nitrogen and oxygen atoms in total. The van der Waals surface area contributed by atoms with Crippen LogP contribution in [0, 0.1) is 6.92 Å². The van der Waals surface area contributed by atoms with Crippen LogP contribution in [0.1, 0.15) is 42.1 Å². The van der Waals surface area contributed by atoms with E-state index in [9.17, 15) is 4.79 Å². The predicted molar refractivity (Wildman–Crippen MR) is 76.0 cm³/mol. The first-order valence-corrected chi connectivity index (χ1v) is 6.73. The predicted octanol–water partition coefficient (Wildman–Crippen LogP) is 2.90. The van der Waals surface area contributed by atoms with Crippen molar-refractivity contribution < 1.29 is 4.79 Å². The Bertz CT molecular complexity index is 407. The van der Waals surface area contributed by atoms with Gasteiger partial charge in [-0.1, -0.05) is 31.4 Å². The van der Waals surface area contributed by atoms with E-state index in [4.69, 9.17) is 17.3 Å². The van der Waals surface area contributed by atoms with Gasteiger partial charge in [0, 0.05) is 23.2 Å². The molecule has 1 rings (SSSR count). The smallest absolute Gasteiger partial charge is 0.251 e. The molecule has 0 aliphatic heterocycles. The minimum absolute atomic E-state index is 0.0495. The highest BCUT2D eigenvalue weighted by Gasteiger charge is 2.12. The number of nitrogens with one attached hydrogen (secondary N) is 1. The molecule has 1 aromatic rings. The van der Waals surface area contributed by atoms with E-state index in [-0.39, 0.29) is 11.9 Å². The van der Waals surface area contributed by atoms with Crippen LogP contribution in [0.15, 0.2) is 18.2 Å². The second kappa shape index (κ2) is 7.39. The lowest BCUT2D eigenvalue weighted by molar-refractivity contribution is 0.0935. The summed E-state index contributed by atoms with van der Waals surface area (Å²) in [5.41, 5.74) is 7.19. The van der Waals surface area contributed by atoms with Crippen LogP contribution in [0.5, 0.6) is 0 Å². The van der Waals surface area contributed by atoms with Gasteiger partial charge < -0.3 is 11.1 Å². The summed E-state index contributed by atoms with van der Waals surface area (Å²) in [4.78, 5) is 12.0. The van der Waals surface area contributed by atoms with Crippen molar-refractivity contribution in [1.29, 1.82) is 0 Å². The van der Waals surface area contributed by atoms with Crippen molar-refractivity contribution in [2.75, 3.05) is 6.54 Å². The number of halogens is 1. The number of amides is 1. The number of hydrogen-bond acceptors (Lipinski definition) is 2. The maximum Gasteiger partial charge on any atom is 0.251 e. The molecule has 0 saturated heterocycles. The number of hydrogen-bond donors (Lipinski definition) is 2. The topological polar surface area (TPSA) is 55.1 Å². The molecule has 4 heteroatoms. The lowest BCUT2D eigenvalue weighted by atomic mass is 10.1. The standard InChI is InChI=1S/C14H21ClN2O/c1-3-4-5-12(9-16)17-14(18)11-6-7-13(15)10(2)8-11/h6-8,12H,3-5,9,16H2,1-2H3,(H,17,18). The maximum atomic E-state index is 12.0. The molecule has 18 heavy (non-hydrogen) atoms. The van der Waals surface area contributed by atoms with Gasteiger partial charge in [-0.2, -0.15) is 0 Å². The summed E-state index contributed by atoms with van der Waals surface area (Å²) >= 11 is 5.94. The van der Waals surface area contributed by atoms with Gasteiger partial charge in [-0.15, -0.1) is 0 Å². The lowest BCUT2D eigenvalue weighted by Gasteiger charge is -2.16. The van der Waals surface area contributed by atoms with Crippen LogP contribution in [0.2, 0.25) is 5.02 Å².